The van der Waals surface area contributed by atoms with Gasteiger partial charge in [0.1, 0.15) is 0 Å². The van der Waals surface area contributed by atoms with Crippen molar-refractivity contribution in [3.05, 3.63) is 0 Å². The van der Waals surface area contributed by atoms with E-state index in [4.69, 9.17) is 10.5 Å². The Balaban J connectivity index is 2.34. The molecule has 5 nitrogen and oxygen atoms in total. The molecule has 15 heavy (non-hydrogen) atoms. The summed E-state index contributed by atoms with van der Waals surface area (Å²) in [5.74, 6) is 0.505. The van der Waals surface area contributed by atoms with Crippen LogP contribution >= 0.6 is 0 Å². The summed E-state index contributed by atoms with van der Waals surface area (Å²) >= 11 is 0. The van der Waals surface area contributed by atoms with Crippen LogP contribution in [-0.4, -0.2) is 40.0 Å². The van der Waals surface area contributed by atoms with Crippen LogP contribution in [-0.2, 0) is 14.8 Å². The first-order valence-corrected chi connectivity index (χ1v) is 6.75. The molecule has 0 heterocycles. The van der Waals surface area contributed by atoms with Crippen molar-refractivity contribution in [3.63, 3.8) is 0 Å². The number of nitrogens with one attached hydrogen (secondary N) is 1. The second-order valence-electron chi connectivity index (χ2n) is 4.16. The van der Waals surface area contributed by atoms with Crippen molar-refractivity contribution in [2.75, 3.05) is 20.3 Å². The Labute approximate surface area is 91.4 Å². The van der Waals surface area contributed by atoms with Crippen LogP contribution in [0, 0.1) is 5.92 Å². The van der Waals surface area contributed by atoms with Gasteiger partial charge in [0.15, 0.2) is 0 Å². The first-order chi connectivity index (χ1) is 6.97. The fraction of sp³-hybridized carbons (Fsp3) is 1.00. The minimum absolute atomic E-state index is 0.0467. The maximum absolute atomic E-state index is 11.6. The van der Waals surface area contributed by atoms with Gasteiger partial charge in [-0.25, -0.2) is 13.1 Å². The van der Waals surface area contributed by atoms with E-state index in [-0.39, 0.29) is 12.6 Å². The van der Waals surface area contributed by atoms with Gasteiger partial charge in [-0.3, -0.25) is 0 Å². The Kier molecular flexibility index (Phi) is 4.51. The number of methoxy groups -OCH3 is 1. The van der Waals surface area contributed by atoms with Gasteiger partial charge < -0.3 is 10.5 Å². The van der Waals surface area contributed by atoms with Gasteiger partial charge in [-0.1, -0.05) is 0 Å². The first kappa shape index (κ1) is 12.9. The predicted molar refractivity (Wildman–Crippen MR) is 59.0 cm³/mol. The Morgan fingerprint density at radius 2 is 2.13 bits per heavy atom. The third kappa shape index (κ3) is 4.06. The molecule has 0 spiro atoms. The molecule has 1 fully saturated rings. The van der Waals surface area contributed by atoms with Crippen molar-refractivity contribution >= 4 is 10.0 Å². The fourth-order valence-corrected chi connectivity index (χ4v) is 2.39. The molecule has 0 aromatic rings. The molecular formula is C9H20N2O3S. The lowest BCUT2D eigenvalue weighted by molar-refractivity contribution is 0.200. The normalized spacial score (nSPS) is 21.3. The highest BCUT2D eigenvalue weighted by Crippen LogP contribution is 2.31. The molecule has 0 saturated heterocycles. The van der Waals surface area contributed by atoms with Gasteiger partial charge in [-0.2, -0.15) is 0 Å². The zero-order valence-electron chi connectivity index (χ0n) is 9.27. The number of ether oxygens (including phenoxy) is 1. The summed E-state index contributed by atoms with van der Waals surface area (Å²) < 4.78 is 30.6. The van der Waals surface area contributed by atoms with Crippen molar-refractivity contribution in [1.82, 2.24) is 4.72 Å². The molecule has 0 amide bonds. The molecule has 1 rings (SSSR count). The van der Waals surface area contributed by atoms with E-state index < -0.39 is 15.3 Å². The molecule has 0 aromatic carbocycles. The molecule has 0 aliphatic heterocycles. The fourth-order valence-electron chi connectivity index (χ4n) is 1.37. The average Bonchev–Trinajstić information content (AvgIpc) is 2.98. The van der Waals surface area contributed by atoms with Gasteiger partial charge in [0.2, 0.25) is 10.0 Å². The van der Waals surface area contributed by atoms with E-state index in [0.717, 1.165) is 12.8 Å². The van der Waals surface area contributed by atoms with Gasteiger partial charge in [0.25, 0.3) is 0 Å². The maximum Gasteiger partial charge on any atom is 0.216 e. The number of hydrogen-bond donors (Lipinski definition) is 2. The van der Waals surface area contributed by atoms with Crippen LogP contribution < -0.4 is 10.5 Å². The van der Waals surface area contributed by atoms with Crippen LogP contribution in [0.1, 0.15) is 19.8 Å². The number of sulfonamides is 1. The lowest BCUT2D eigenvalue weighted by Crippen LogP contribution is -2.42. The molecular weight excluding hydrogens is 216 g/mol. The van der Waals surface area contributed by atoms with E-state index in [1.54, 1.807) is 6.92 Å². The van der Waals surface area contributed by atoms with Crippen LogP contribution in [0.25, 0.3) is 0 Å². The summed E-state index contributed by atoms with van der Waals surface area (Å²) in [5, 5.41) is -0.533. The highest BCUT2D eigenvalue weighted by molar-refractivity contribution is 7.90. The smallest absolute Gasteiger partial charge is 0.216 e. The predicted octanol–water partition coefficient (Wildman–Crippen LogP) is -0.322. The highest BCUT2D eigenvalue weighted by Gasteiger charge is 2.30. The van der Waals surface area contributed by atoms with Crippen LogP contribution in [0.5, 0.6) is 0 Å². The zero-order valence-corrected chi connectivity index (χ0v) is 10.1. The van der Waals surface area contributed by atoms with E-state index in [1.165, 1.54) is 7.11 Å². The summed E-state index contributed by atoms with van der Waals surface area (Å²) in [6, 6.07) is -0.0467. The van der Waals surface area contributed by atoms with Crippen LogP contribution in [0.15, 0.2) is 0 Å². The quantitative estimate of drug-likeness (QED) is 0.634. The van der Waals surface area contributed by atoms with Crippen molar-refractivity contribution in [1.29, 1.82) is 0 Å². The van der Waals surface area contributed by atoms with E-state index in [1.807, 2.05) is 0 Å². The zero-order chi connectivity index (χ0) is 11.5. The van der Waals surface area contributed by atoms with Crippen molar-refractivity contribution in [2.45, 2.75) is 31.1 Å². The van der Waals surface area contributed by atoms with Crippen molar-refractivity contribution < 1.29 is 13.2 Å². The number of hydrogen-bond acceptors (Lipinski definition) is 4. The standard InChI is InChI=1S/C9H20N2O3S/c1-7(6-14-2)15(12,13)11-5-9(10)8-3-4-8/h7-9,11H,3-6,10H2,1-2H3. The molecule has 2 unspecified atom stereocenters. The van der Waals surface area contributed by atoms with E-state index in [9.17, 15) is 8.42 Å². The molecule has 1 saturated carbocycles. The number of rotatable bonds is 7. The summed E-state index contributed by atoms with van der Waals surface area (Å²) in [4.78, 5) is 0. The van der Waals surface area contributed by atoms with Gasteiger partial charge in [-0.05, 0) is 25.7 Å². The summed E-state index contributed by atoms with van der Waals surface area (Å²) in [7, 11) is -1.79. The number of nitrogens with two attached hydrogens (primary N) is 1. The second-order valence-corrected chi connectivity index (χ2v) is 6.34. The molecule has 6 heteroatoms. The van der Waals surface area contributed by atoms with Crippen LogP contribution in [0.4, 0.5) is 0 Å². The SMILES string of the molecule is COCC(C)S(=O)(=O)NCC(N)C1CC1. The first-order valence-electron chi connectivity index (χ1n) is 5.20. The lowest BCUT2D eigenvalue weighted by Gasteiger charge is -2.15. The van der Waals surface area contributed by atoms with Crippen molar-refractivity contribution in [3.8, 4) is 0 Å². The van der Waals surface area contributed by atoms with E-state index in [0.29, 0.717) is 12.5 Å². The van der Waals surface area contributed by atoms with Gasteiger partial charge in [0.05, 0.1) is 11.9 Å². The summed E-state index contributed by atoms with van der Waals surface area (Å²) in [6.07, 6.45) is 2.24. The molecule has 1 aliphatic rings. The molecule has 0 bridgehead atoms. The third-order valence-electron chi connectivity index (χ3n) is 2.68. The summed E-state index contributed by atoms with van der Waals surface area (Å²) in [6.45, 7) is 2.16. The second kappa shape index (κ2) is 5.25. The molecule has 3 N–H and O–H groups in total. The molecule has 1 aliphatic carbocycles. The van der Waals surface area contributed by atoms with Gasteiger partial charge in [-0.15, -0.1) is 0 Å². The Morgan fingerprint density at radius 3 is 2.60 bits per heavy atom. The Bertz CT molecular complexity index is 288. The molecule has 2 atom stereocenters. The van der Waals surface area contributed by atoms with Crippen molar-refractivity contribution in [2.24, 2.45) is 11.7 Å². The minimum atomic E-state index is -3.28. The highest BCUT2D eigenvalue weighted by atomic mass is 32.2. The lowest BCUT2D eigenvalue weighted by atomic mass is 10.2. The van der Waals surface area contributed by atoms with E-state index in [2.05, 4.69) is 4.72 Å². The molecule has 90 valence electrons. The monoisotopic (exact) mass is 236 g/mol. The van der Waals surface area contributed by atoms with Gasteiger partial charge >= 0.3 is 0 Å². The topological polar surface area (TPSA) is 81.4 Å². The Hall–Kier alpha value is -0.170. The summed E-state index contributed by atoms with van der Waals surface area (Å²) in [5.41, 5.74) is 5.80. The average molecular weight is 236 g/mol. The van der Waals surface area contributed by atoms with Gasteiger partial charge in [0, 0.05) is 19.7 Å². The minimum Gasteiger partial charge on any atom is -0.383 e. The molecule has 0 radical (unpaired) electrons. The largest absolute Gasteiger partial charge is 0.383 e. The maximum atomic E-state index is 11.6. The van der Waals surface area contributed by atoms with Crippen LogP contribution in [0.3, 0.4) is 0 Å². The van der Waals surface area contributed by atoms with E-state index >= 15 is 0 Å². The molecule has 0 aromatic heterocycles. The third-order valence-corrected chi connectivity index (χ3v) is 4.44. The van der Waals surface area contributed by atoms with Crippen LogP contribution in [0.2, 0.25) is 0 Å². The Morgan fingerprint density at radius 1 is 1.53 bits per heavy atom.